The molecule has 0 radical (unpaired) electrons. The summed E-state index contributed by atoms with van der Waals surface area (Å²) >= 11 is 0. The molecule has 2 aromatic rings. The molecule has 0 amide bonds. The number of rotatable bonds is 0. The van der Waals surface area contributed by atoms with Crippen molar-refractivity contribution >= 4 is 22.8 Å². The van der Waals surface area contributed by atoms with E-state index in [2.05, 4.69) is 33.5 Å². The second-order valence-corrected chi connectivity index (χ2v) is 3.27. The molecule has 1 N–H and O–H groups in total. The minimum absolute atomic E-state index is 0.888. The third-order valence-corrected chi connectivity index (χ3v) is 2.35. The quantitative estimate of drug-likeness (QED) is 0.730. The molecular weight excluding hydrogens is 198 g/mol. The lowest BCUT2D eigenvalue weighted by Crippen LogP contribution is -2.04. The Morgan fingerprint density at radius 1 is 1.06 bits per heavy atom. The van der Waals surface area contributed by atoms with Crippen molar-refractivity contribution in [2.75, 3.05) is 11.9 Å². The summed E-state index contributed by atoms with van der Waals surface area (Å²) in [6.45, 7) is 4.89. The van der Waals surface area contributed by atoms with Crippen LogP contribution in [0.5, 0.6) is 0 Å². The van der Waals surface area contributed by atoms with Gasteiger partial charge in [-0.2, -0.15) is 0 Å². The monoisotopic (exact) mass is 213 g/mol. The van der Waals surface area contributed by atoms with Crippen LogP contribution in [0, 0.1) is 0 Å². The van der Waals surface area contributed by atoms with E-state index in [1.54, 1.807) is 12.4 Å². The molecule has 0 aliphatic carbocycles. The predicted octanol–water partition coefficient (Wildman–Crippen LogP) is 3.09. The van der Waals surface area contributed by atoms with Crippen LogP contribution in [0.4, 0.5) is 5.69 Å². The summed E-state index contributed by atoms with van der Waals surface area (Å²) in [5.41, 5.74) is 4.21. The highest BCUT2D eigenvalue weighted by Crippen LogP contribution is 2.24. The van der Waals surface area contributed by atoms with Crippen LogP contribution in [-0.2, 0) is 0 Å². The molecule has 1 aromatic carbocycles. The summed E-state index contributed by atoms with van der Waals surface area (Å²) in [6, 6.07) is 4.10. The zero-order valence-corrected chi connectivity index (χ0v) is 9.57. The molecule has 82 valence electrons. The van der Waals surface area contributed by atoms with Gasteiger partial charge in [0.1, 0.15) is 0 Å². The van der Waals surface area contributed by atoms with E-state index >= 15 is 0 Å². The summed E-state index contributed by atoms with van der Waals surface area (Å²) < 4.78 is 0. The van der Waals surface area contributed by atoms with E-state index < -0.39 is 0 Å². The van der Waals surface area contributed by atoms with Crippen molar-refractivity contribution in [3.05, 3.63) is 36.2 Å². The maximum atomic E-state index is 4.27. The van der Waals surface area contributed by atoms with Gasteiger partial charge in [-0.1, -0.05) is 26.0 Å². The summed E-state index contributed by atoms with van der Waals surface area (Å²) in [7, 11) is 0. The number of nitrogens with one attached hydrogen (secondary N) is 1. The average Bonchev–Trinajstić information content (AvgIpc) is 2.38. The fourth-order valence-corrected chi connectivity index (χ4v) is 1.67. The summed E-state index contributed by atoms with van der Waals surface area (Å²) in [6.07, 6.45) is 7.65. The van der Waals surface area contributed by atoms with E-state index in [1.807, 2.05) is 19.9 Å². The second kappa shape index (κ2) is 4.75. The maximum Gasteiger partial charge on any atom is 0.0907 e. The fourth-order valence-electron chi connectivity index (χ4n) is 1.67. The molecule has 2 heterocycles. The highest BCUT2D eigenvalue weighted by Gasteiger charge is 2.05. The fraction of sp³-hybridized carbons (Fsp3) is 0.231. The summed E-state index contributed by atoms with van der Waals surface area (Å²) in [5, 5.41) is 3.30. The molecule has 1 aliphatic heterocycles. The summed E-state index contributed by atoms with van der Waals surface area (Å²) in [4.78, 5) is 8.53. The van der Waals surface area contributed by atoms with E-state index in [4.69, 9.17) is 0 Å². The molecule has 16 heavy (non-hydrogen) atoms. The second-order valence-electron chi connectivity index (χ2n) is 3.27. The Morgan fingerprint density at radius 2 is 1.75 bits per heavy atom. The Kier molecular flexibility index (Phi) is 3.15. The molecule has 3 rings (SSSR count). The Balaban J connectivity index is 0.000000457. The smallest absolute Gasteiger partial charge is 0.0907 e. The van der Waals surface area contributed by atoms with Gasteiger partial charge in [0.25, 0.3) is 0 Å². The number of fused-ring (bicyclic) bond motifs is 2. The summed E-state index contributed by atoms with van der Waals surface area (Å²) in [5.74, 6) is 0. The van der Waals surface area contributed by atoms with E-state index in [0.717, 1.165) is 23.3 Å². The first-order chi connectivity index (χ1) is 7.93. The third kappa shape index (κ3) is 1.89. The largest absolute Gasteiger partial charge is 0.381 e. The third-order valence-electron chi connectivity index (χ3n) is 2.35. The van der Waals surface area contributed by atoms with Gasteiger partial charge in [-0.15, -0.1) is 0 Å². The van der Waals surface area contributed by atoms with Gasteiger partial charge in [0.15, 0.2) is 0 Å². The van der Waals surface area contributed by atoms with Crippen LogP contribution < -0.4 is 5.32 Å². The molecule has 0 unspecified atom stereocenters. The van der Waals surface area contributed by atoms with Crippen LogP contribution in [0.15, 0.2) is 30.6 Å². The Hall–Kier alpha value is -1.90. The van der Waals surface area contributed by atoms with Crippen molar-refractivity contribution in [3.8, 4) is 0 Å². The minimum atomic E-state index is 0.888. The number of benzene rings is 1. The van der Waals surface area contributed by atoms with Gasteiger partial charge < -0.3 is 5.32 Å². The van der Waals surface area contributed by atoms with Crippen LogP contribution in [-0.4, -0.2) is 16.5 Å². The normalized spacial score (nSPS) is 12.4. The molecular formula is C13H15N3. The lowest BCUT2D eigenvalue weighted by molar-refractivity contribution is 1.27. The number of aromatic nitrogens is 2. The zero-order chi connectivity index (χ0) is 11.4. The maximum absolute atomic E-state index is 4.27. The van der Waals surface area contributed by atoms with Crippen LogP contribution in [0.3, 0.4) is 0 Å². The van der Waals surface area contributed by atoms with Gasteiger partial charge in [0.05, 0.1) is 11.0 Å². The van der Waals surface area contributed by atoms with Crippen LogP contribution in [0.25, 0.3) is 17.1 Å². The molecule has 0 saturated heterocycles. The predicted molar refractivity (Wildman–Crippen MR) is 68.4 cm³/mol. The van der Waals surface area contributed by atoms with Gasteiger partial charge in [-0.3, -0.25) is 9.97 Å². The van der Waals surface area contributed by atoms with E-state index in [-0.39, 0.29) is 0 Å². The molecule has 0 atom stereocenters. The number of hydrogen-bond acceptors (Lipinski definition) is 3. The highest BCUT2D eigenvalue weighted by molar-refractivity contribution is 5.85. The highest BCUT2D eigenvalue weighted by atomic mass is 14.9. The van der Waals surface area contributed by atoms with Crippen molar-refractivity contribution in [1.29, 1.82) is 0 Å². The van der Waals surface area contributed by atoms with E-state index in [9.17, 15) is 0 Å². The number of anilines is 1. The molecule has 3 nitrogen and oxygen atoms in total. The van der Waals surface area contributed by atoms with Gasteiger partial charge in [0, 0.05) is 24.6 Å². The average molecular weight is 213 g/mol. The van der Waals surface area contributed by atoms with Crippen LogP contribution in [0.1, 0.15) is 19.4 Å². The standard InChI is InChI=1S/C11H9N3.C2H6/c1-2-8-6-10-11(14-5-4-13-10)7-9(8)12-3-1;1-2/h1-2,4-7,12H,3H2;1-2H3. The first-order valence-electron chi connectivity index (χ1n) is 5.59. The van der Waals surface area contributed by atoms with Crippen molar-refractivity contribution in [3.63, 3.8) is 0 Å². The number of nitrogens with zero attached hydrogens (tertiary/aromatic N) is 2. The molecule has 3 heteroatoms. The Labute approximate surface area is 95.2 Å². The first-order valence-corrected chi connectivity index (χ1v) is 5.59. The van der Waals surface area contributed by atoms with Crippen molar-refractivity contribution in [1.82, 2.24) is 9.97 Å². The molecule has 0 saturated carbocycles. The van der Waals surface area contributed by atoms with E-state index in [0.29, 0.717) is 0 Å². The first kappa shape index (κ1) is 10.6. The van der Waals surface area contributed by atoms with Crippen LogP contribution >= 0.6 is 0 Å². The SMILES string of the molecule is C1=Cc2cc3nccnc3cc2NC1.CC. The molecule has 1 aromatic heterocycles. The lowest BCUT2D eigenvalue weighted by Gasteiger charge is -2.12. The molecule has 0 fully saturated rings. The number of hydrogen-bond donors (Lipinski definition) is 1. The lowest BCUT2D eigenvalue weighted by atomic mass is 10.1. The van der Waals surface area contributed by atoms with Crippen molar-refractivity contribution < 1.29 is 0 Å². The molecule has 1 aliphatic rings. The minimum Gasteiger partial charge on any atom is -0.381 e. The van der Waals surface area contributed by atoms with Gasteiger partial charge >= 0.3 is 0 Å². The van der Waals surface area contributed by atoms with Crippen molar-refractivity contribution in [2.24, 2.45) is 0 Å². The molecule has 0 spiro atoms. The van der Waals surface area contributed by atoms with Gasteiger partial charge in [-0.05, 0) is 17.7 Å². The van der Waals surface area contributed by atoms with Gasteiger partial charge in [-0.25, -0.2) is 0 Å². The van der Waals surface area contributed by atoms with E-state index in [1.165, 1.54) is 5.56 Å². The Bertz CT molecular complexity index is 518. The Morgan fingerprint density at radius 3 is 2.50 bits per heavy atom. The molecule has 0 bridgehead atoms. The topological polar surface area (TPSA) is 37.8 Å². The van der Waals surface area contributed by atoms with Gasteiger partial charge in [0.2, 0.25) is 0 Å². The van der Waals surface area contributed by atoms with Crippen molar-refractivity contribution in [2.45, 2.75) is 13.8 Å². The zero-order valence-electron chi connectivity index (χ0n) is 9.57. The van der Waals surface area contributed by atoms with Crippen LogP contribution in [0.2, 0.25) is 0 Å².